The molecule has 152 valence electrons. The van der Waals surface area contributed by atoms with Crippen LogP contribution >= 0.6 is 11.3 Å². The molecule has 0 aliphatic heterocycles. The molecule has 0 fully saturated rings. The number of thiophene rings is 1. The zero-order valence-corrected chi connectivity index (χ0v) is 17.6. The first-order chi connectivity index (χ1) is 14.6. The zero-order chi connectivity index (χ0) is 20.9. The molecular weight excluding hydrogens is 394 g/mol. The SMILES string of the molecule is Cc1ccc(CN(CCc2ccccc2)C(=O)Cn2c(=O)cnc3ccccc32)s1. The highest BCUT2D eigenvalue weighted by molar-refractivity contribution is 7.11. The van der Waals surface area contributed by atoms with Crippen molar-refractivity contribution >= 4 is 28.3 Å². The minimum Gasteiger partial charge on any atom is -0.336 e. The number of nitrogens with zero attached hydrogens (tertiary/aromatic N) is 3. The minimum atomic E-state index is -0.267. The highest BCUT2D eigenvalue weighted by atomic mass is 32.1. The zero-order valence-electron chi connectivity index (χ0n) is 16.8. The van der Waals surface area contributed by atoms with Gasteiger partial charge in [-0.15, -0.1) is 11.3 Å². The molecule has 4 aromatic rings. The molecule has 6 heteroatoms. The van der Waals surface area contributed by atoms with E-state index in [0.29, 0.717) is 24.1 Å². The molecule has 30 heavy (non-hydrogen) atoms. The van der Waals surface area contributed by atoms with Gasteiger partial charge in [-0.1, -0.05) is 42.5 Å². The van der Waals surface area contributed by atoms with Crippen LogP contribution in [0.25, 0.3) is 11.0 Å². The smallest absolute Gasteiger partial charge is 0.269 e. The Morgan fingerprint density at radius 3 is 2.57 bits per heavy atom. The molecule has 0 bridgehead atoms. The summed E-state index contributed by atoms with van der Waals surface area (Å²) in [5.41, 5.74) is 2.30. The Balaban J connectivity index is 1.58. The van der Waals surface area contributed by atoms with Crippen LogP contribution in [0.4, 0.5) is 0 Å². The number of carbonyl (C=O) groups is 1. The molecule has 5 nitrogen and oxygen atoms in total. The molecule has 4 rings (SSSR count). The van der Waals surface area contributed by atoms with Gasteiger partial charge in [0.05, 0.1) is 23.8 Å². The van der Waals surface area contributed by atoms with Crippen molar-refractivity contribution in [3.8, 4) is 0 Å². The number of fused-ring (bicyclic) bond motifs is 1. The average molecular weight is 418 g/mol. The molecule has 0 aliphatic carbocycles. The summed E-state index contributed by atoms with van der Waals surface area (Å²) in [7, 11) is 0. The Hall–Kier alpha value is -3.25. The van der Waals surface area contributed by atoms with Crippen molar-refractivity contribution in [2.24, 2.45) is 0 Å². The van der Waals surface area contributed by atoms with Crippen molar-refractivity contribution in [1.82, 2.24) is 14.5 Å². The van der Waals surface area contributed by atoms with Gasteiger partial charge in [-0.25, -0.2) is 4.98 Å². The molecule has 0 atom stereocenters. The predicted octanol–water partition coefficient (Wildman–Crippen LogP) is 4.04. The lowest BCUT2D eigenvalue weighted by Gasteiger charge is -2.23. The van der Waals surface area contributed by atoms with Gasteiger partial charge in [0.15, 0.2) is 0 Å². The Bertz CT molecular complexity index is 1210. The monoisotopic (exact) mass is 417 g/mol. The van der Waals surface area contributed by atoms with Gasteiger partial charge in [-0.2, -0.15) is 0 Å². The average Bonchev–Trinajstić information content (AvgIpc) is 3.18. The standard InChI is InChI=1S/C24H23N3O2S/c1-18-11-12-20(30-18)16-26(14-13-19-7-3-2-4-8-19)24(29)17-27-22-10-6-5-9-21(22)25-15-23(27)28/h2-12,15H,13-14,16-17H2,1H3. The maximum atomic E-state index is 13.3. The molecule has 0 saturated heterocycles. The van der Waals surface area contributed by atoms with Crippen LogP contribution in [0.1, 0.15) is 15.3 Å². The second-order valence-corrected chi connectivity index (χ2v) is 8.61. The van der Waals surface area contributed by atoms with Gasteiger partial charge in [0.1, 0.15) is 6.54 Å². The number of benzene rings is 2. The number of hydrogen-bond donors (Lipinski definition) is 0. The second-order valence-electron chi connectivity index (χ2n) is 7.23. The summed E-state index contributed by atoms with van der Waals surface area (Å²) in [4.78, 5) is 34.1. The largest absolute Gasteiger partial charge is 0.336 e. The maximum absolute atomic E-state index is 13.3. The fourth-order valence-electron chi connectivity index (χ4n) is 3.47. The maximum Gasteiger partial charge on any atom is 0.269 e. The first-order valence-corrected chi connectivity index (χ1v) is 10.7. The fourth-order valence-corrected chi connectivity index (χ4v) is 4.38. The van der Waals surface area contributed by atoms with E-state index in [0.717, 1.165) is 11.3 Å². The molecule has 2 heterocycles. The third-order valence-corrected chi connectivity index (χ3v) is 6.04. The van der Waals surface area contributed by atoms with Crippen LogP contribution < -0.4 is 5.56 Å². The number of aryl methyl sites for hydroxylation is 1. The number of rotatable bonds is 7. The lowest BCUT2D eigenvalue weighted by molar-refractivity contribution is -0.132. The van der Waals surface area contributed by atoms with E-state index in [1.54, 1.807) is 11.3 Å². The Morgan fingerprint density at radius 2 is 1.80 bits per heavy atom. The van der Waals surface area contributed by atoms with E-state index in [1.165, 1.54) is 21.2 Å². The van der Waals surface area contributed by atoms with Gasteiger partial charge in [0, 0.05) is 16.3 Å². The summed E-state index contributed by atoms with van der Waals surface area (Å²) in [5.74, 6) is -0.0737. The van der Waals surface area contributed by atoms with Gasteiger partial charge in [-0.3, -0.25) is 14.2 Å². The first-order valence-electron chi connectivity index (χ1n) is 9.92. The molecule has 0 aliphatic rings. The Labute approximate surface area is 179 Å². The van der Waals surface area contributed by atoms with E-state index in [2.05, 4.69) is 36.2 Å². The van der Waals surface area contributed by atoms with E-state index in [9.17, 15) is 9.59 Å². The van der Waals surface area contributed by atoms with Crippen LogP contribution in [0.5, 0.6) is 0 Å². The van der Waals surface area contributed by atoms with Crippen LogP contribution in [0, 0.1) is 6.92 Å². The van der Waals surface area contributed by atoms with Crippen LogP contribution in [-0.4, -0.2) is 26.9 Å². The van der Waals surface area contributed by atoms with Gasteiger partial charge in [0.25, 0.3) is 5.56 Å². The van der Waals surface area contributed by atoms with Gasteiger partial charge >= 0.3 is 0 Å². The molecular formula is C24H23N3O2S. The number of carbonyl (C=O) groups excluding carboxylic acids is 1. The number of amides is 1. The molecule has 2 aromatic heterocycles. The van der Waals surface area contributed by atoms with Crippen molar-refractivity contribution in [3.05, 3.63) is 98.6 Å². The highest BCUT2D eigenvalue weighted by Crippen LogP contribution is 2.18. The van der Waals surface area contributed by atoms with Crippen molar-refractivity contribution in [3.63, 3.8) is 0 Å². The number of hydrogen-bond acceptors (Lipinski definition) is 4. The Kier molecular flexibility index (Phi) is 6.05. The molecule has 2 aromatic carbocycles. The van der Waals surface area contributed by atoms with Crippen molar-refractivity contribution in [2.45, 2.75) is 26.4 Å². The quantitative estimate of drug-likeness (QED) is 0.456. The summed E-state index contributed by atoms with van der Waals surface area (Å²) >= 11 is 1.69. The van der Waals surface area contributed by atoms with E-state index >= 15 is 0 Å². The summed E-state index contributed by atoms with van der Waals surface area (Å²) in [6, 6.07) is 21.7. The molecule has 0 N–H and O–H groups in total. The number of para-hydroxylation sites is 2. The molecule has 0 saturated carbocycles. The first kappa shape index (κ1) is 20.0. The second kappa shape index (κ2) is 9.05. The van der Waals surface area contributed by atoms with Crippen LogP contribution in [0.15, 0.2) is 77.7 Å². The van der Waals surface area contributed by atoms with Crippen molar-refractivity contribution in [2.75, 3.05) is 6.54 Å². The van der Waals surface area contributed by atoms with Crippen LogP contribution in [-0.2, 0) is 24.3 Å². The third kappa shape index (κ3) is 4.66. The van der Waals surface area contributed by atoms with Gasteiger partial charge in [0.2, 0.25) is 5.91 Å². The Morgan fingerprint density at radius 1 is 1.03 bits per heavy atom. The summed E-state index contributed by atoms with van der Waals surface area (Å²) in [5, 5.41) is 0. The molecule has 0 spiro atoms. The summed E-state index contributed by atoms with van der Waals surface area (Å²) < 4.78 is 1.51. The normalized spacial score (nSPS) is 11.0. The number of aromatic nitrogens is 2. The summed E-state index contributed by atoms with van der Waals surface area (Å²) in [6.45, 7) is 3.20. The van der Waals surface area contributed by atoms with Crippen molar-refractivity contribution in [1.29, 1.82) is 0 Å². The van der Waals surface area contributed by atoms with Crippen LogP contribution in [0.2, 0.25) is 0 Å². The molecule has 0 radical (unpaired) electrons. The summed E-state index contributed by atoms with van der Waals surface area (Å²) in [6.07, 6.45) is 2.05. The lowest BCUT2D eigenvalue weighted by Crippen LogP contribution is -2.37. The van der Waals surface area contributed by atoms with Crippen LogP contribution in [0.3, 0.4) is 0 Å². The van der Waals surface area contributed by atoms with E-state index in [4.69, 9.17) is 0 Å². The highest BCUT2D eigenvalue weighted by Gasteiger charge is 2.17. The fraction of sp³-hybridized carbons (Fsp3) is 0.208. The predicted molar refractivity (Wildman–Crippen MR) is 121 cm³/mol. The van der Waals surface area contributed by atoms with E-state index < -0.39 is 0 Å². The topological polar surface area (TPSA) is 55.2 Å². The minimum absolute atomic E-state index is 0.00101. The van der Waals surface area contributed by atoms with Crippen molar-refractivity contribution < 1.29 is 4.79 Å². The van der Waals surface area contributed by atoms with E-state index in [-0.39, 0.29) is 18.0 Å². The van der Waals surface area contributed by atoms with Gasteiger partial charge < -0.3 is 4.90 Å². The molecule has 0 unspecified atom stereocenters. The van der Waals surface area contributed by atoms with E-state index in [1.807, 2.05) is 47.4 Å². The lowest BCUT2D eigenvalue weighted by atomic mass is 10.1. The third-order valence-electron chi connectivity index (χ3n) is 5.05. The van der Waals surface area contributed by atoms with Gasteiger partial charge in [-0.05, 0) is 43.2 Å². The molecule has 1 amide bonds.